The molecule has 2 nitrogen and oxygen atoms in total. The lowest BCUT2D eigenvalue weighted by Gasteiger charge is -2.05. The van der Waals surface area contributed by atoms with Gasteiger partial charge >= 0.3 is 0 Å². The quantitative estimate of drug-likeness (QED) is 0.908. The molecule has 4 heteroatoms. The maximum Gasteiger partial charge on any atom is 0.142 e. The molecule has 0 saturated carbocycles. The van der Waals surface area contributed by atoms with Crippen molar-refractivity contribution in [2.24, 2.45) is 0 Å². The van der Waals surface area contributed by atoms with Gasteiger partial charge in [0.25, 0.3) is 0 Å². The summed E-state index contributed by atoms with van der Waals surface area (Å²) < 4.78 is 13.2. The van der Waals surface area contributed by atoms with Crippen molar-refractivity contribution < 1.29 is 4.39 Å². The molecule has 0 aliphatic heterocycles. The Hall–Kier alpha value is -1.61. The van der Waals surface area contributed by atoms with Crippen molar-refractivity contribution in [3.63, 3.8) is 0 Å². The minimum atomic E-state index is -0.386. The van der Waals surface area contributed by atoms with Crippen LogP contribution in [0.5, 0.6) is 0 Å². The Bertz CT molecular complexity index is 529. The summed E-state index contributed by atoms with van der Waals surface area (Å²) >= 11 is 5.62. The Kier molecular flexibility index (Phi) is 3.59. The lowest BCUT2D eigenvalue weighted by Crippen LogP contribution is -1.99. The number of nitrogen functional groups attached to an aromatic ring is 1. The van der Waals surface area contributed by atoms with E-state index in [1.54, 1.807) is 12.3 Å². The number of benzene rings is 1. The molecule has 0 atom stereocenters. The summed E-state index contributed by atoms with van der Waals surface area (Å²) in [6.07, 6.45) is 3.10. The van der Waals surface area contributed by atoms with Crippen LogP contribution in [-0.2, 0) is 12.8 Å². The maximum atomic E-state index is 13.2. The van der Waals surface area contributed by atoms with Crippen molar-refractivity contribution in [3.05, 3.63) is 58.5 Å². The fourth-order valence-electron chi connectivity index (χ4n) is 1.64. The average Bonchev–Trinajstić information content (AvgIpc) is 2.32. The standard InChI is InChI=1S/C13H12ClFN2/c14-11-6-4-9(8-12(11)15)3-5-10-2-1-7-17-13(10)16/h1-2,4,6-8H,3,5H2,(H2,16,17). The molecule has 0 unspecified atom stereocenters. The molecular formula is C13H12ClFN2. The third kappa shape index (κ3) is 2.94. The molecule has 0 aliphatic rings. The number of hydrogen-bond acceptors (Lipinski definition) is 2. The summed E-state index contributed by atoms with van der Waals surface area (Å²) in [7, 11) is 0. The number of pyridine rings is 1. The molecule has 17 heavy (non-hydrogen) atoms. The van der Waals surface area contributed by atoms with Crippen molar-refractivity contribution in [2.75, 3.05) is 5.73 Å². The van der Waals surface area contributed by atoms with Gasteiger partial charge in [-0.15, -0.1) is 0 Å². The molecule has 0 bridgehead atoms. The number of rotatable bonds is 3. The number of anilines is 1. The van der Waals surface area contributed by atoms with Crippen molar-refractivity contribution in [1.29, 1.82) is 0 Å². The van der Waals surface area contributed by atoms with Gasteiger partial charge in [0.05, 0.1) is 5.02 Å². The van der Waals surface area contributed by atoms with E-state index in [4.69, 9.17) is 17.3 Å². The van der Waals surface area contributed by atoms with Crippen LogP contribution in [-0.4, -0.2) is 4.98 Å². The van der Waals surface area contributed by atoms with E-state index in [1.165, 1.54) is 6.07 Å². The van der Waals surface area contributed by atoms with Crippen LogP contribution >= 0.6 is 11.6 Å². The van der Waals surface area contributed by atoms with Crippen LogP contribution in [0, 0.1) is 5.82 Å². The summed E-state index contributed by atoms with van der Waals surface area (Å²) in [5.74, 6) is 0.144. The van der Waals surface area contributed by atoms with E-state index in [-0.39, 0.29) is 10.8 Å². The van der Waals surface area contributed by atoms with Gasteiger partial charge in [0, 0.05) is 6.20 Å². The molecule has 1 aromatic carbocycles. The van der Waals surface area contributed by atoms with Crippen molar-refractivity contribution in [3.8, 4) is 0 Å². The van der Waals surface area contributed by atoms with Gasteiger partial charge in [-0.25, -0.2) is 9.37 Å². The van der Waals surface area contributed by atoms with E-state index < -0.39 is 0 Å². The van der Waals surface area contributed by atoms with Crippen LogP contribution in [0.1, 0.15) is 11.1 Å². The predicted octanol–water partition coefficient (Wildman–Crippen LogP) is 3.24. The molecule has 2 aromatic rings. The number of nitrogens with two attached hydrogens (primary N) is 1. The Labute approximate surface area is 104 Å². The highest BCUT2D eigenvalue weighted by Crippen LogP contribution is 2.17. The third-order valence-corrected chi connectivity index (χ3v) is 2.90. The fourth-order valence-corrected chi connectivity index (χ4v) is 1.75. The molecule has 0 amide bonds. The van der Waals surface area contributed by atoms with Gasteiger partial charge in [0.2, 0.25) is 0 Å². The topological polar surface area (TPSA) is 38.9 Å². The number of hydrogen-bond donors (Lipinski definition) is 1. The van der Waals surface area contributed by atoms with Crippen LogP contribution in [0.3, 0.4) is 0 Å². The summed E-state index contributed by atoms with van der Waals surface area (Å²) in [5, 5.41) is 0.148. The summed E-state index contributed by atoms with van der Waals surface area (Å²) in [5.41, 5.74) is 7.61. The second-order valence-electron chi connectivity index (χ2n) is 3.80. The van der Waals surface area contributed by atoms with Crippen LogP contribution in [0.2, 0.25) is 5.02 Å². The molecule has 0 fully saturated rings. The summed E-state index contributed by atoms with van der Waals surface area (Å²) in [6.45, 7) is 0. The van der Waals surface area contributed by atoms with Gasteiger partial charge < -0.3 is 5.73 Å². The number of aryl methyl sites for hydroxylation is 2. The Morgan fingerprint density at radius 3 is 2.76 bits per heavy atom. The molecule has 88 valence electrons. The molecule has 2 rings (SSSR count). The number of halogens is 2. The Morgan fingerprint density at radius 1 is 1.24 bits per heavy atom. The summed E-state index contributed by atoms with van der Waals surface area (Å²) in [4.78, 5) is 4.01. The van der Waals surface area contributed by atoms with Gasteiger partial charge in [0.15, 0.2) is 0 Å². The lowest BCUT2D eigenvalue weighted by molar-refractivity contribution is 0.625. The minimum absolute atomic E-state index is 0.148. The van der Waals surface area contributed by atoms with Crippen molar-refractivity contribution in [1.82, 2.24) is 4.98 Å². The number of aromatic nitrogens is 1. The van der Waals surface area contributed by atoms with Gasteiger partial charge in [-0.2, -0.15) is 0 Å². The van der Waals surface area contributed by atoms with Crippen LogP contribution in [0.15, 0.2) is 36.5 Å². The molecule has 1 aromatic heterocycles. The highest BCUT2D eigenvalue weighted by Gasteiger charge is 2.03. The highest BCUT2D eigenvalue weighted by molar-refractivity contribution is 6.30. The zero-order valence-corrected chi connectivity index (χ0v) is 9.91. The van der Waals surface area contributed by atoms with Gasteiger partial charge in [-0.3, -0.25) is 0 Å². The summed E-state index contributed by atoms with van der Waals surface area (Å²) in [6, 6.07) is 8.61. The van der Waals surface area contributed by atoms with Crippen molar-refractivity contribution >= 4 is 17.4 Å². The molecule has 0 radical (unpaired) electrons. The molecule has 0 aliphatic carbocycles. The third-order valence-electron chi connectivity index (χ3n) is 2.59. The van der Waals surface area contributed by atoms with Crippen LogP contribution in [0.25, 0.3) is 0 Å². The predicted molar refractivity (Wildman–Crippen MR) is 67.5 cm³/mol. The van der Waals surface area contributed by atoms with Crippen molar-refractivity contribution in [2.45, 2.75) is 12.8 Å². The van der Waals surface area contributed by atoms with E-state index in [9.17, 15) is 4.39 Å². The minimum Gasteiger partial charge on any atom is -0.383 e. The van der Waals surface area contributed by atoms with Crippen LogP contribution in [0.4, 0.5) is 10.2 Å². The molecule has 1 heterocycles. The van der Waals surface area contributed by atoms with Gasteiger partial charge in [-0.05, 0) is 42.2 Å². The first-order chi connectivity index (χ1) is 8.16. The Morgan fingerprint density at radius 2 is 2.06 bits per heavy atom. The zero-order chi connectivity index (χ0) is 12.3. The first-order valence-electron chi connectivity index (χ1n) is 5.30. The molecular weight excluding hydrogens is 239 g/mol. The smallest absolute Gasteiger partial charge is 0.142 e. The monoisotopic (exact) mass is 250 g/mol. The van der Waals surface area contributed by atoms with E-state index >= 15 is 0 Å². The Balaban J connectivity index is 2.08. The van der Waals surface area contributed by atoms with E-state index in [0.717, 1.165) is 17.5 Å². The second-order valence-corrected chi connectivity index (χ2v) is 4.20. The normalized spacial score (nSPS) is 10.5. The van der Waals surface area contributed by atoms with E-state index in [0.29, 0.717) is 12.2 Å². The largest absolute Gasteiger partial charge is 0.383 e. The van der Waals surface area contributed by atoms with E-state index in [2.05, 4.69) is 4.98 Å². The first kappa shape index (κ1) is 11.9. The first-order valence-corrected chi connectivity index (χ1v) is 5.68. The molecule has 0 spiro atoms. The van der Waals surface area contributed by atoms with Gasteiger partial charge in [-0.1, -0.05) is 23.7 Å². The molecule has 0 saturated heterocycles. The zero-order valence-electron chi connectivity index (χ0n) is 9.16. The lowest BCUT2D eigenvalue weighted by atomic mass is 10.1. The number of nitrogens with zero attached hydrogens (tertiary/aromatic N) is 1. The molecule has 2 N–H and O–H groups in total. The van der Waals surface area contributed by atoms with Gasteiger partial charge in [0.1, 0.15) is 11.6 Å². The van der Waals surface area contributed by atoms with E-state index in [1.807, 2.05) is 18.2 Å². The second kappa shape index (κ2) is 5.15. The van der Waals surface area contributed by atoms with Crippen LogP contribution < -0.4 is 5.73 Å². The SMILES string of the molecule is Nc1ncccc1CCc1ccc(Cl)c(F)c1. The fraction of sp³-hybridized carbons (Fsp3) is 0.154. The maximum absolute atomic E-state index is 13.2. The average molecular weight is 251 g/mol. The highest BCUT2D eigenvalue weighted by atomic mass is 35.5.